The summed E-state index contributed by atoms with van der Waals surface area (Å²) in [5.74, 6) is 1.89. The van der Waals surface area contributed by atoms with E-state index in [0.717, 1.165) is 42.5 Å². The predicted octanol–water partition coefficient (Wildman–Crippen LogP) is 2.44. The first-order chi connectivity index (χ1) is 9.27. The molecule has 0 aromatic heterocycles. The van der Waals surface area contributed by atoms with Crippen molar-refractivity contribution >= 4 is 29.3 Å². The molecule has 1 aromatic rings. The van der Waals surface area contributed by atoms with E-state index in [0.29, 0.717) is 0 Å². The minimum absolute atomic E-state index is 0.00596. The molecular weight excluding hydrogens is 280 g/mol. The van der Waals surface area contributed by atoms with Gasteiger partial charge in [0, 0.05) is 23.2 Å². The average Bonchev–Trinajstić information content (AvgIpc) is 2.94. The number of benzene rings is 1. The highest BCUT2D eigenvalue weighted by atomic mass is 35.5. The van der Waals surface area contributed by atoms with Crippen LogP contribution in [0.2, 0.25) is 5.02 Å². The lowest BCUT2D eigenvalue weighted by molar-refractivity contribution is -0.122. The van der Waals surface area contributed by atoms with Crippen molar-refractivity contribution in [3.05, 3.63) is 34.9 Å². The van der Waals surface area contributed by atoms with E-state index in [9.17, 15) is 4.79 Å². The van der Waals surface area contributed by atoms with E-state index in [1.165, 1.54) is 5.56 Å². The second-order valence-corrected chi connectivity index (χ2v) is 6.05. The quantitative estimate of drug-likeness (QED) is 0.793. The summed E-state index contributed by atoms with van der Waals surface area (Å²) in [6, 6.07) is 7.92. The van der Waals surface area contributed by atoms with E-state index < -0.39 is 0 Å². The van der Waals surface area contributed by atoms with Gasteiger partial charge in [-0.15, -0.1) is 11.8 Å². The van der Waals surface area contributed by atoms with Crippen molar-refractivity contribution in [1.82, 2.24) is 10.6 Å². The Labute approximate surface area is 123 Å². The molecule has 1 aromatic carbocycles. The molecule has 0 saturated carbocycles. The number of unbranched alkanes of at least 4 members (excludes halogenated alkanes) is 1. The van der Waals surface area contributed by atoms with Crippen LogP contribution in [0.5, 0.6) is 0 Å². The lowest BCUT2D eigenvalue weighted by atomic mass is 10.1. The minimum Gasteiger partial charge on any atom is -0.355 e. The Balaban J connectivity index is 1.59. The molecule has 1 heterocycles. The highest BCUT2D eigenvalue weighted by molar-refractivity contribution is 7.99. The predicted molar refractivity (Wildman–Crippen MR) is 81.6 cm³/mol. The Morgan fingerprint density at radius 2 is 2.26 bits per heavy atom. The van der Waals surface area contributed by atoms with Crippen molar-refractivity contribution in [2.45, 2.75) is 25.3 Å². The van der Waals surface area contributed by atoms with Crippen LogP contribution in [-0.2, 0) is 11.2 Å². The van der Waals surface area contributed by atoms with E-state index in [1.54, 1.807) is 11.8 Å². The zero-order valence-electron chi connectivity index (χ0n) is 10.8. The van der Waals surface area contributed by atoms with Crippen molar-refractivity contribution in [2.75, 3.05) is 18.2 Å². The molecule has 1 aliphatic rings. The fraction of sp³-hybridized carbons (Fsp3) is 0.500. The van der Waals surface area contributed by atoms with Gasteiger partial charge in [0.25, 0.3) is 0 Å². The number of carbonyl (C=O) groups is 1. The van der Waals surface area contributed by atoms with Crippen LogP contribution in [0.25, 0.3) is 0 Å². The van der Waals surface area contributed by atoms with E-state index in [4.69, 9.17) is 11.6 Å². The van der Waals surface area contributed by atoms with Crippen molar-refractivity contribution in [3.63, 3.8) is 0 Å². The second kappa shape index (κ2) is 7.78. The third-order valence-electron chi connectivity index (χ3n) is 3.16. The Morgan fingerprint density at radius 1 is 1.42 bits per heavy atom. The standard InChI is InChI=1S/C14H19ClN2OS/c15-12-7-2-1-5-11(12)6-3-4-8-16-14(18)13-9-19-10-17-13/h1-2,5,7,13,17H,3-4,6,8-10H2,(H,16,18). The topological polar surface area (TPSA) is 41.1 Å². The zero-order valence-corrected chi connectivity index (χ0v) is 12.4. The van der Waals surface area contributed by atoms with Gasteiger partial charge in [0.2, 0.25) is 5.91 Å². The maximum absolute atomic E-state index is 11.7. The Morgan fingerprint density at radius 3 is 3.00 bits per heavy atom. The summed E-state index contributed by atoms with van der Waals surface area (Å²) >= 11 is 7.86. The average molecular weight is 299 g/mol. The molecule has 1 saturated heterocycles. The summed E-state index contributed by atoms with van der Waals surface area (Å²) < 4.78 is 0. The first-order valence-electron chi connectivity index (χ1n) is 6.59. The lowest BCUT2D eigenvalue weighted by Crippen LogP contribution is -2.42. The monoisotopic (exact) mass is 298 g/mol. The molecule has 0 spiro atoms. The number of hydrogen-bond donors (Lipinski definition) is 2. The number of aryl methyl sites for hydroxylation is 1. The minimum atomic E-state index is -0.00596. The molecule has 2 rings (SSSR count). The fourth-order valence-electron chi connectivity index (χ4n) is 2.04. The lowest BCUT2D eigenvalue weighted by Gasteiger charge is -2.10. The van der Waals surface area contributed by atoms with Crippen LogP contribution in [0.1, 0.15) is 18.4 Å². The summed E-state index contributed by atoms with van der Waals surface area (Å²) in [7, 11) is 0. The zero-order chi connectivity index (χ0) is 13.5. The number of halogens is 1. The van der Waals surface area contributed by atoms with Gasteiger partial charge in [0.1, 0.15) is 0 Å². The number of hydrogen-bond acceptors (Lipinski definition) is 3. The Hall–Kier alpha value is -0.710. The number of rotatable bonds is 6. The van der Waals surface area contributed by atoms with Gasteiger partial charge in [-0.25, -0.2) is 0 Å². The van der Waals surface area contributed by atoms with Gasteiger partial charge in [0.05, 0.1) is 6.04 Å². The second-order valence-electron chi connectivity index (χ2n) is 4.61. The van der Waals surface area contributed by atoms with Gasteiger partial charge >= 0.3 is 0 Å². The molecular formula is C14H19ClN2OS. The SMILES string of the molecule is O=C(NCCCCc1ccccc1Cl)C1CSCN1. The van der Waals surface area contributed by atoms with Crippen LogP contribution >= 0.6 is 23.4 Å². The number of nitrogens with one attached hydrogen (secondary N) is 2. The highest BCUT2D eigenvalue weighted by Gasteiger charge is 2.21. The first kappa shape index (κ1) is 14.7. The molecule has 0 bridgehead atoms. The summed E-state index contributed by atoms with van der Waals surface area (Å²) in [4.78, 5) is 11.7. The van der Waals surface area contributed by atoms with Gasteiger partial charge in [-0.05, 0) is 30.9 Å². The van der Waals surface area contributed by atoms with Crippen molar-refractivity contribution in [2.24, 2.45) is 0 Å². The molecule has 5 heteroatoms. The molecule has 104 valence electrons. The summed E-state index contributed by atoms with van der Waals surface area (Å²) in [6.45, 7) is 0.742. The van der Waals surface area contributed by atoms with Crippen LogP contribution in [0.3, 0.4) is 0 Å². The Bertz CT molecular complexity index is 422. The molecule has 0 aliphatic carbocycles. The van der Waals surface area contributed by atoms with Crippen molar-refractivity contribution in [1.29, 1.82) is 0 Å². The first-order valence-corrected chi connectivity index (χ1v) is 8.13. The molecule has 3 nitrogen and oxygen atoms in total. The Kier molecular flexibility index (Phi) is 6.01. The molecule has 1 unspecified atom stereocenters. The molecule has 0 radical (unpaired) electrons. The van der Waals surface area contributed by atoms with Crippen molar-refractivity contribution < 1.29 is 4.79 Å². The summed E-state index contributed by atoms with van der Waals surface area (Å²) in [5.41, 5.74) is 1.18. The van der Waals surface area contributed by atoms with E-state index in [2.05, 4.69) is 16.7 Å². The number of thioether (sulfide) groups is 1. The van der Waals surface area contributed by atoms with Gasteiger partial charge < -0.3 is 5.32 Å². The molecule has 1 aliphatic heterocycles. The van der Waals surface area contributed by atoms with Gasteiger partial charge in [-0.3, -0.25) is 10.1 Å². The van der Waals surface area contributed by atoms with Gasteiger partial charge in [0.15, 0.2) is 0 Å². The van der Waals surface area contributed by atoms with Crippen LogP contribution in [0, 0.1) is 0 Å². The summed E-state index contributed by atoms with van der Waals surface area (Å²) in [6.07, 6.45) is 2.99. The third-order valence-corrected chi connectivity index (χ3v) is 4.47. The molecule has 19 heavy (non-hydrogen) atoms. The molecule has 2 N–H and O–H groups in total. The molecule has 1 fully saturated rings. The highest BCUT2D eigenvalue weighted by Crippen LogP contribution is 2.17. The van der Waals surface area contributed by atoms with E-state index >= 15 is 0 Å². The maximum Gasteiger partial charge on any atom is 0.238 e. The van der Waals surface area contributed by atoms with Crippen LogP contribution in [0.4, 0.5) is 0 Å². The third kappa shape index (κ3) is 4.71. The largest absolute Gasteiger partial charge is 0.355 e. The fourth-order valence-corrected chi connectivity index (χ4v) is 3.21. The van der Waals surface area contributed by atoms with E-state index in [1.807, 2.05) is 18.2 Å². The molecule has 1 amide bonds. The van der Waals surface area contributed by atoms with E-state index in [-0.39, 0.29) is 11.9 Å². The number of carbonyl (C=O) groups excluding carboxylic acids is 1. The normalized spacial score (nSPS) is 18.5. The smallest absolute Gasteiger partial charge is 0.238 e. The van der Waals surface area contributed by atoms with Crippen LogP contribution in [0.15, 0.2) is 24.3 Å². The number of amides is 1. The summed E-state index contributed by atoms with van der Waals surface area (Å²) in [5, 5.41) is 6.97. The van der Waals surface area contributed by atoms with Gasteiger partial charge in [-0.2, -0.15) is 0 Å². The van der Waals surface area contributed by atoms with Crippen molar-refractivity contribution in [3.8, 4) is 0 Å². The van der Waals surface area contributed by atoms with Gasteiger partial charge in [-0.1, -0.05) is 29.8 Å². The van der Waals surface area contributed by atoms with Crippen LogP contribution < -0.4 is 10.6 Å². The van der Waals surface area contributed by atoms with Crippen LogP contribution in [-0.4, -0.2) is 30.1 Å². The maximum atomic E-state index is 11.7. The molecule has 1 atom stereocenters.